The lowest BCUT2D eigenvalue weighted by Crippen LogP contribution is -2.21. The standard InChI is InChI=1S/C24H16N2O4/c27-22(25-16-10-11-21-15(13-16)9-12-23(28)30-21)14-26-19-7-3-1-5-17(19)24(29)18-6-2-4-8-20(18)26/h1-13H,14H2,(H,25,27). The second-order valence-corrected chi connectivity index (χ2v) is 7.00. The van der Waals surface area contributed by atoms with Gasteiger partial charge in [0, 0.05) is 27.9 Å². The van der Waals surface area contributed by atoms with Crippen molar-refractivity contribution >= 4 is 44.4 Å². The molecule has 0 bridgehead atoms. The van der Waals surface area contributed by atoms with Crippen LogP contribution in [0.3, 0.4) is 0 Å². The van der Waals surface area contributed by atoms with E-state index >= 15 is 0 Å². The van der Waals surface area contributed by atoms with Crippen molar-refractivity contribution in [2.24, 2.45) is 0 Å². The van der Waals surface area contributed by atoms with Crippen LogP contribution in [-0.2, 0) is 11.3 Å². The molecule has 0 saturated heterocycles. The van der Waals surface area contributed by atoms with Gasteiger partial charge in [0.15, 0.2) is 5.43 Å². The lowest BCUT2D eigenvalue weighted by atomic mass is 10.1. The zero-order valence-electron chi connectivity index (χ0n) is 15.8. The van der Waals surface area contributed by atoms with Gasteiger partial charge < -0.3 is 14.3 Å². The number of hydrogen-bond acceptors (Lipinski definition) is 4. The molecule has 0 atom stereocenters. The maximum absolute atomic E-state index is 12.9. The number of amides is 1. The van der Waals surface area contributed by atoms with Gasteiger partial charge in [-0.1, -0.05) is 24.3 Å². The Balaban J connectivity index is 1.54. The molecule has 6 heteroatoms. The molecule has 0 fully saturated rings. The number of nitrogens with zero attached hydrogens (tertiary/aromatic N) is 1. The molecule has 3 aromatic carbocycles. The molecule has 146 valence electrons. The minimum Gasteiger partial charge on any atom is -0.423 e. The molecule has 0 aliphatic rings. The Hall–Kier alpha value is -4.19. The quantitative estimate of drug-likeness (QED) is 0.370. The lowest BCUT2D eigenvalue weighted by Gasteiger charge is -2.15. The van der Waals surface area contributed by atoms with Gasteiger partial charge in [-0.2, -0.15) is 0 Å². The van der Waals surface area contributed by atoms with E-state index in [4.69, 9.17) is 4.42 Å². The Bertz CT molecular complexity index is 1500. The topological polar surface area (TPSA) is 81.3 Å². The maximum Gasteiger partial charge on any atom is 0.336 e. The van der Waals surface area contributed by atoms with Crippen molar-refractivity contribution in [2.75, 3.05) is 5.32 Å². The molecule has 0 aliphatic heterocycles. The molecule has 1 N–H and O–H groups in total. The fourth-order valence-electron chi connectivity index (χ4n) is 3.74. The molecule has 0 spiro atoms. The number of carbonyl (C=O) groups is 1. The molecule has 0 saturated carbocycles. The summed E-state index contributed by atoms with van der Waals surface area (Å²) in [5.41, 5.74) is 1.99. The number of benzene rings is 3. The van der Waals surface area contributed by atoms with Crippen LogP contribution >= 0.6 is 0 Å². The molecule has 2 heterocycles. The first kappa shape index (κ1) is 17.9. The zero-order valence-corrected chi connectivity index (χ0v) is 15.8. The third-order valence-corrected chi connectivity index (χ3v) is 5.08. The molecular weight excluding hydrogens is 380 g/mol. The van der Waals surface area contributed by atoms with E-state index in [1.165, 1.54) is 6.07 Å². The number of nitrogens with one attached hydrogen (secondary N) is 1. The monoisotopic (exact) mass is 396 g/mol. The second-order valence-electron chi connectivity index (χ2n) is 7.00. The predicted molar refractivity (Wildman–Crippen MR) is 117 cm³/mol. The van der Waals surface area contributed by atoms with Crippen LogP contribution in [0.2, 0.25) is 0 Å². The number of para-hydroxylation sites is 2. The van der Waals surface area contributed by atoms with Crippen molar-refractivity contribution in [3.8, 4) is 0 Å². The Morgan fingerprint density at radius 1 is 0.833 bits per heavy atom. The van der Waals surface area contributed by atoms with Crippen molar-refractivity contribution < 1.29 is 9.21 Å². The summed E-state index contributed by atoms with van der Waals surface area (Å²) in [5.74, 6) is -0.231. The fourth-order valence-corrected chi connectivity index (χ4v) is 3.74. The third-order valence-electron chi connectivity index (χ3n) is 5.08. The molecule has 0 radical (unpaired) electrons. The number of fused-ring (bicyclic) bond motifs is 3. The van der Waals surface area contributed by atoms with Crippen molar-refractivity contribution in [3.63, 3.8) is 0 Å². The Morgan fingerprint density at radius 3 is 2.20 bits per heavy atom. The first-order valence-electron chi connectivity index (χ1n) is 9.44. The Morgan fingerprint density at radius 2 is 1.50 bits per heavy atom. The summed E-state index contributed by atoms with van der Waals surface area (Å²) >= 11 is 0. The van der Waals surface area contributed by atoms with Crippen molar-refractivity contribution in [2.45, 2.75) is 6.54 Å². The van der Waals surface area contributed by atoms with Gasteiger partial charge >= 0.3 is 5.63 Å². The van der Waals surface area contributed by atoms with Crippen LogP contribution in [0.1, 0.15) is 0 Å². The minimum absolute atomic E-state index is 0.0449. The van der Waals surface area contributed by atoms with E-state index in [-0.39, 0.29) is 17.9 Å². The van der Waals surface area contributed by atoms with E-state index in [9.17, 15) is 14.4 Å². The van der Waals surface area contributed by atoms with Crippen LogP contribution in [0.25, 0.3) is 32.8 Å². The van der Waals surface area contributed by atoms with Gasteiger partial charge in [0.05, 0.1) is 11.0 Å². The van der Waals surface area contributed by atoms with Crippen LogP contribution < -0.4 is 16.4 Å². The van der Waals surface area contributed by atoms with Crippen LogP contribution in [-0.4, -0.2) is 10.5 Å². The van der Waals surface area contributed by atoms with Gasteiger partial charge in [-0.15, -0.1) is 0 Å². The van der Waals surface area contributed by atoms with E-state index < -0.39 is 5.63 Å². The largest absolute Gasteiger partial charge is 0.423 e. The number of pyridine rings is 1. The molecule has 5 rings (SSSR count). The minimum atomic E-state index is -0.420. The molecule has 5 aromatic rings. The van der Waals surface area contributed by atoms with Crippen molar-refractivity contribution in [1.29, 1.82) is 0 Å². The van der Waals surface area contributed by atoms with Gasteiger partial charge in [-0.05, 0) is 48.5 Å². The fraction of sp³-hybridized carbons (Fsp3) is 0.0417. The maximum atomic E-state index is 12.9. The average molecular weight is 396 g/mol. The van der Waals surface area contributed by atoms with Crippen LogP contribution in [0, 0.1) is 0 Å². The highest BCUT2D eigenvalue weighted by molar-refractivity contribution is 5.98. The summed E-state index contributed by atoms with van der Waals surface area (Å²) in [7, 11) is 0. The smallest absolute Gasteiger partial charge is 0.336 e. The van der Waals surface area contributed by atoms with Crippen molar-refractivity contribution in [1.82, 2.24) is 4.57 Å². The number of anilines is 1. The SMILES string of the molecule is O=C(Cn1c2ccccc2c(=O)c2ccccc21)Nc1ccc2oc(=O)ccc2c1. The lowest BCUT2D eigenvalue weighted by molar-refractivity contribution is -0.116. The van der Waals surface area contributed by atoms with E-state index in [1.807, 2.05) is 41.0 Å². The molecule has 30 heavy (non-hydrogen) atoms. The summed E-state index contributed by atoms with van der Waals surface area (Å²) in [6.45, 7) is 0.0449. The van der Waals surface area contributed by atoms with Gasteiger partial charge in [-0.25, -0.2) is 4.79 Å². The van der Waals surface area contributed by atoms with Crippen LogP contribution in [0.5, 0.6) is 0 Å². The molecule has 0 aliphatic carbocycles. The average Bonchev–Trinajstić information content (AvgIpc) is 2.77. The molecule has 2 aromatic heterocycles. The number of carbonyl (C=O) groups excluding carboxylic acids is 1. The Labute approximate surface area is 170 Å². The van der Waals surface area contributed by atoms with Gasteiger partial charge in [0.25, 0.3) is 0 Å². The molecule has 1 amide bonds. The number of rotatable bonds is 3. The van der Waals surface area contributed by atoms with Crippen LogP contribution in [0.4, 0.5) is 5.69 Å². The third kappa shape index (κ3) is 3.04. The van der Waals surface area contributed by atoms with E-state index in [1.54, 1.807) is 36.4 Å². The predicted octanol–water partition coefficient (Wildman–Crippen LogP) is 3.90. The molecule has 6 nitrogen and oxygen atoms in total. The number of hydrogen-bond donors (Lipinski definition) is 1. The molecular formula is C24H16N2O4. The summed E-state index contributed by atoms with van der Waals surface area (Å²) in [6, 6.07) is 22.6. The summed E-state index contributed by atoms with van der Waals surface area (Å²) < 4.78 is 6.97. The highest BCUT2D eigenvalue weighted by Crippen LogP contribution is 2.20. The highest BCUT2D eigenvalue weighted by Gasteiger charge is 2.13. The Kier molecular flexibility index (Phi) is 4.17. The van der Waals surface area contributed by atoms with E-state index in [2.05, 4.69) is 5.32 Å². The van der Waals surface area contributed by atoms with E-state index in [0.717, 1.165) is 0 Å². The zero-order chi connectivity index (χ0) is 20.7. The van der Waals surface area contributed by atoms with Crippen LogP contribution in [0.15, 0.2) is 92.9 Å². The van der Waals surface area contributed by atoms with Gasteiger partial charge in [0.2, 0.25) is 5.91 Å². The normalized spacial score (nSPS) is 11.2. The number of aromatic nitrogens is 1. The summed E-state index contributed by atoms with van der Waals surface area (Å²) in [5, 5.41) is 4.75. The first-order valence-corrected chi connectivity index (χ1v) is 9.44. The van der Waals surface area contributed by atoms with Gasteiger partial charge in [0.1, 0.15) is 12.1 Å². The second kappa shape index (κ2) is 7.00. The van der Waals surface area contributed by atoms with Gasteiger partial charge in [-0.3, -0.25) is 9.59 Å². The van der Waals surface area contributed by atoms with Crippen molar-refractivity contribution in [3.05, 3.63) is 99.5 Å². The first-order chi connectivity index (χ1) is 14.6. The summed E-state index contributed by atoms with van der Waals surface area (Å²) in [4.78, 5) is 37.0. The van der Waals surface area contributed by atoms with E-state index in [0.29, 0.717) is 38.5 Å². The molecule has 0 unspecified atom stereocenters. The summed E-state index contributed by atoms with van der Waals surface area (Å²) in [6.07, 6.45) is 0. The highest BCUT2D eigenvalue weighted by atomic mass is 16.4.